The summed E-state index contributed by atoms with van der Waals surface area (Å²) in [7, 11) is 0. The van der Waals surface area contributed by atoms with Gasteiger partial charge in [0.2, 0.25) is 0 Å². The average molecular weight is 281 g/mol. The van der Waals surface area contributed by atoms with Crippen LogP contribution in [0, 0.1) is 19.8 Å². The summed E-state index contributed by atoms with van der Waals surface area (Å²) in [5.74, 6) is 0.646. The zero-order valence-corrected chi connectivity index (χ0v) is 13.5. The summed E-state index contributed by atoms with van der Waals surface area (Å²) in [5.41, 5.74) is 5.69. The van der Waals surface area contributed by atoms with Gasteiger partial charge in [-0.15, -0.1) is 0 Å². The Hall–Kier alpha value is -1.60. The fourth-order valence-electron chi connectivity index (χ4n) is 2.89. The molecule has 0 bridgehead atoms. The van der Waals surface area contributed by atoms with Gasteiger partial charge in [0.15, 0.2) is 0 Å². The highest BCUT2D eigenvalue weighted by Crippen LogP contribution is 2.18. The fraction of sp³-hybridized carbons (Fsp3) is 0.400. The lowest BCUT2D eigenvalue weighted by Gasteiger charge is -2.19. The molecule has 0 amide bonds. The summed E-state index contributed by atoms with van der Waals surface area (Å²) >= 11 is 0. The lowest BCUT2D eigenvalue weighted by molar-refractivity contribution is 0.477. The number of benzene rings is 2. The first-order valence-electron chi connectivity index (χ1n) is 7.99. The van der Waals surface area contributed by atoms with Crippen LogP contribution in [0.25, 0.3) is 0 Å². The highest BCUT2D eigenvalue weighted by molar-refractivity contribution is 5.27. The lowest BCUT2D eigenvalue weighted by atomic mass is 9.90. The van der Waals surface area contributed by atoms with E-state index in [1.54, 1.807) is 0 Å². The van der Waals surface area contributed by atoms with Crippen LogP contribution in [0.3, 0.4) is 0 Å². The molecule has 0 aliphatic rings. The van der Waals surface area contributed by atoms with Crippen molar-refractivity contribution in [2.24, 2.45) is 5.92 Å². The summed E-state index contributed by atoms with van der Waals surface area (Å²) in [6.07, 6.45) is 2.29. The van der Waals surface area contributed by atoms with Crippen molar-refractivity contribution in [1.29, 1.82) is 0 Å². The minimum Gasteiger partial charge on any atom is -0.317 e. The largest absolute Gasteiger partial charge is 0.317 e. The van der Waals surface area contributed by atoms with E-state index in [0.717, 1.165) is 25.9 Å². The minimum atomic E-state index is 0.646. The van der Waals surface area contributed by atoms with E-state index in [-0.39, 0.29) is 0 Å². The second kappa shape index (κ2) is 7.99. The summed E-state index contributed by atoms with van der Waals surface area (Å²) < 4.78 is 0. The highest BCUT2D eigenvalue weighted by atomic mass is 14.8. The van der Waals surface area contributed by atoms with Crippen molar-refractivity contribution >= 4 is 0 Å². The molecule has 1 N–H and O–H groups in total. The Kier molecular flexibility index (Phi) is 6.01. The van der Waals surface area contributed by atoms with Gasteiger partial charge in [0.05, 0.1) is 0 Å². The Labute approximate surface area is 129 Å². The molecule has 1 atom stereocenters. The van der Waals surface area contributed by atoms with Crippen molar-refractivity contribution in [1.82, 2.24) is 5.32 Å². The maximum atomic E-state index is 3.52. The Balaban J connectivity index is 2.09. The predicted molar refractivity (Wildman–Crippen MR) is 91.8 cm³/mol. The topological polar surface area (TPSA) is 12.0 Å². The first kappa shape index (κ1) is 15.8. The summed E-state index contributed by atoms with van der Waals surface area (Å²) in [5, 5.41) is 3.52. The molecule has 0 saturated heterocycles. The Morgan fingerprint density at radius 1 is 0.952 bits per heavy atom. The lowest BCUT2D eigenvalue weighted by Crippen LogP contribution is -2.26. The number of nitrogens with one attached hydrogen (secondary N) is 1. The molecule has 0 saturated carbocycles. The van der Waals surface area contributed by atoms with Crippen LogP contribution < -0.4 is 5.32 Å². The van der Waals surface area contributed by atoms with Gasteiger partial charge in [-0.25, -0.2) is 0 Å². The second-order valence-electron chi connectivity index (χ2n) is 6.00. The molecule has 2 aromatic carbocycles. The quantitative estimate of drug-likeness (QED) is 0.797. The predicted octanol–water partition coefficient (Wildman–Crippen LogP) is 4.31. The molecule has 0 radical (unpaired) electrons. The molecule has 1 nitrogen and oxygen atoms in total. The van der Waals surface area contributed by atoms with Gasteiger partial charge >= 0.3 is 0 Å². The van der Waals surface area contributed by atoms with Crippen LogP contribution in [-0.2, 0) is 12.8 Å². The number of aryl methyl sites for hydroxylation is 2. The first-order chi connectivity index (χ1) is 10.2. The van der Waals surface area contributed by atoms with Crippen molar-refractivity contribution in [3.63, 3.8) is 0 Å². The van der Waals surface area contributed by atoms with E-state index in [2.05, 4.69) is 74.6 Å². The zero-order chi connectivity index (χ0) is 15.1. The Morgan fingerprint density at radius 2 is 1.76 bits per heavy atom. The number of hydrogen-bond acceptors (Lipinski definition) is 1. The van der Waals surface area contributed by atoms with Crippen LogP contribution in [0.15, 0.2) is 48.5 Å². The van der Waals surface area contributed by atoms with Crippen LogP contribution >= 0.6 is 0 Å². The smallest absolute Gasteiger partial charge is 0.00143 e. The van der Waals surface area contributed by atoms with Crippen molar-refractivity contribution in [2.75, 3.05) is 13.1 Å². The van der Waals surface area contributed by atoms with Gasteiger partial charge in [0, 0.05) is 0 Å². The van der Waals surface area contributed by atoms with Gasteiger partial charge in [-0.2, -0.15) is 0 Å². The molecule has 0 aromatic heterocycles. The van der Waals surface area contributed by atoms with E-state index in [1.165, 1.54) is 22.3 Å². The van der Waals surface area contributed by atoms with E-state index >= 15 is 0 Å². The van der Waals surface area contributed by atoms with Crippen molar-refractivity contribution in [2.45, 2.75) is 33.6 Å². The highest BCUT2D eigenvalue weighted by Gasteiger charge is 2.12. The SMILES string of the molecule is CCNCC(Cc1cccc(C)c1)Cc1ccccc1C. The molecule has 0 aliphatic carbocycles. The first-order valence-corrected chi connectivity index (χ1v) is 7.99. The van der Waals surface area contributed by atoms with Crippen molar-refractivity contribution in [3.05, 3.63) is 70.8 Å². The van der Waals surface area contributed by atoms with Crippen LogP contribution in [0.1, 0.15) is 29.2 Å². The fourth-order valence-corrected chi connectivity index (χ4v) is 2.89. The van der Waals surface area contributed by atoms with E-state index < -0.39 is 0 Å². The van der Waals surface area contributed by atoms with Gasteiger partial charge in [-0.05, 0) is 62.4 Å². The molecular weight excluding hydrogens is 254 g/mol. The molecule has 0 aliphatic heterocycles. The third-order valence-electron chi connectivity index (χ3n) is 4.06. The van der Waals surface area contributed by atoms with Crippen molar-refractivity contribution < 1.29 is 0 Å². The summed E-state index contributed by atoms with van der Waals surface area (Å²) in [6.45, 7) is 8.69. The van der Waals surface area contributed by atoms with Gasteiger partial charge in [-0.3, -0.25) is 0 Å². The van der Waals surface area contributed by atoms with Crippen LogP contribution in [0.5, 0.6) is 0 Å². The summed E-state index contributed by atoms with van der Waals surface area (Å²) in [6, 6.07) is 17.7. The maximum Gasteiger partial charge on any atom is -0.00143 e. The number of hydrogen-bond donors (Lipinski definition) is 1. The number of rotatable bonds is 7. The molecule has 0 fully saturated rings. The molecule has 21 heavy (non-hydrogen) atoms. The van der Waals surface area contributed by atoms with Crippen molar-refractivity contribution in [3.8, 4) is 0 Å². The standard InChI is InChI=1S/C20H27N/c1-4-21-15-19(13-18-10-7-8-16(2)12-18)14-20-11-6-5-9-17(20)3/h5-12,19,21H,4,13-15H2,1-3H3. The summed E-state index contributed by atoms with van der Waals surface area (Å²) in [4.78, 5) is 0. The molecule has 2 rings (SSSR count). The molecular formula is C20H27N. The molecule has 2 aromatic rings. The van der Waals surface area contributed by atoms with Gasteiger partial charge in [0.1, 0.15) is 0 Å². The van der Waals surface area contributed by atoms with Crippen LogP contribution in [0.2, 0.25) is 0 Å². The second-order valence-corrected chi connectivity index (χ2v) is 6.00. The van der Waals surface area contributed by atoms with Crippen LogP contribution in [0.4, 0.5) is 0 Å². The van der Waals surface area contributed by atoms with Crippen LogP contribution in [-0.4, -0.2) is 13.1 Å². The van der Waals surface area contributed by atoms with E-state index in [0.29, 0.717) is 5.92 Å². The molecule has 112 valence electrons. The molecule has 1 heteroatoms. The minimum absolute atomic E-state index is 0.646. The normalized spacial score (nSPS) is 12.3. The van der Waals surface area contributed by atoms with Gasteiger partial charge < -0.3 is 5.32 Å². The third-order valence-corrected chi connectivity index (χ3v) is 4.06. The van der Waals surface area contributed by atoms with E-state index in [9.17, 15) is 0 Å². The van der Waals surface area contributed by atoms with Gasteiger partial charge in [-0.1, -0.05) is 61.0 Å². The Morgan fingerprint density at radius 3 is 2.48 bits per heavy atom. The van der Waals surface area contributed by atoms with E-state index in [4.69, 9.17) is 0 Å². The third kappa shape index (κ3) is 5.02. The molecule has 0 spiro atoms. The molecule has 0 heterocycles. The van der Waals surface area contributed by atoms with E-state index in [1.807, 2.05) is 0 Å². The van der Waals surface area contributed by atoms with Gasteiger partial charge in [0.25, 0.3) is 0 Å². The zero-order valence-electron chi connectivity index (χ0n) is 13.5. The average Bonchev–Trinajstić information content (AvgIpc) is 2.47. The monoisotopic (exact) mass is 281 g/mol. The Bertz CT molecular complexity index is 559. The molecule has 1 unspecified atom stereocenters. The maximum absolute atomic E-state index is 3.52.